The number of carbonyl (C=O) groups is 7. The van der Waals surface area contributed by atoms with E-state index in [1.54, 1.807) is 54.7 Å². The number of ether oxygens (including phenoxy) is 1. The second-order valence-corrected chi connectivity index (χ2v) is 20.7. The Hall–Kier alpha value is -5.03. The van der Waals surface area contributed by atoms with Crippen LogP contribution in [0.5, 0.6) is 0 Å². The fourth-order valence-corrected chi connectivity index (χ4v) is 7.66. The molecule has 1 saturated heterocycles. The van der Waals surface area contributed by atoms with E-state index in [1.807, 2.05) is 24.3 Å². The molecule has 1 atom stereocenters. The van der Waals surface area contributed by atoms with Crippen LogP contribution in [0.1, 0.15) is 129 Å². The molecule has 8 N–H and O–H groups in total. The van der Waals surface area contributed by atoms with Crippen molar-refractivity contribution in [1.82, 2.24) is 36.9 Å². The fraction of sp³-hybridized carbons (Fsp3) is 0.651. The molecule has 1 aromatic heterocycles. The third kappa shape index (κ3) is 11.6. The summed E-state index contributed by atoms with van der Waals surface area (Å²) in [6, 6.07) is 6.13. The lowest BCUT2D eigenvalue weighted by atomic mass is 9.69. The maximum absolute atomic E-state index is 14.2. The molecule has 17 nitrogen and oxygen atoms in total. The number of hydroxylamine groups is 2. The highest BCUT2D eigenvalue weighted by atomic mass is 16.6. The van der Waals surface area contributed by atoms with Gasteiger partial charge in [-0.2, -0.15) is 0 Å². The van der Waals surface area contributed by atoms with Crippen molar-refractivity contribution in [2.75, 3.05) is 0 Å². The Bertz CT molecular complexity index is 1990. The highest BCUT2D eigenvalue weighted by Gasteiger charge is 2.58. The van der Waals surface area contributed by atoms with E-state index in [2.05, 4.69) is 36.9 Å². The van der Waals surface area contributed by atoms with Gasteiger partial charge in [0.05, 0.1) is 11.1 Å². The van der Waals surface area contributed by atoms with Gasteiger partial charge < -0.3 is 51.9 Å². The number of piperidine rings is 1. The first-order valence-corrected chi connectivity index (χ1v) is 20.2. The minimum Gasteiger partial charge on any atom is -0.634 e. The van der Waals surface area contributed by atoms with Gasteiger partial charge in [-0.25, -0.2) is 4.79 Å². The van der Waals surface area contributed by atoms with Crippen LogP contribution in [-0.2, 0) is 44.7 Å². The molecule has 0 bridgehead atoms. The van der Waals surface area contributed by atoms with Crippen molar-refractivity contribution in [2.24, 2.45) is 0 Å². The molecule has 0 spiro atoms. The van der Waals surface area contributed by atoms with Crippen LogP contribution in [0.2, 0.25) is 0 Å². The van der Waals surface area contributed by atoms with Gasteiger partial charge in [0.2, 0.25) is 35.4 Å². The van der Waals surface area contributed by atoms with Crippen LogP contribution in [0.4, 0.5) is 0 Å². The van der Waals surface area contributed by atoms with E-state index < -0.39 is 91.8 Å². The van der Waals surface area contributed by atoms with Crippen LogP contribution in [0, 0.1) is 5.21 Å². The van der Waals surface area contributed by atoms with Gasteiger partial charge in [0.1, 0.15) is 39.3 Å². The predicted molar refractivity (Wildman–Crippen MR) is 227 cm³/mol. The molecule has 2 heterocycles. The number of para-hydroxylation sites is 1. The number of aromatic amines is 1. The van der Waals surface area contributed by atoms with Crippen molar-refractivity contribution in [3.8, 4) is 0 Å². The van der Waals surface area contributed by atoms with Gasteiger partial charge in [0, 0.05) is 43.3 Å². The number of H-pyrrole nitrogens is 1. The molecule has 2 aromatic rings. The molecule has 1 fully saturated rings. The molecule has 1 aliphatic rings. The SMILES string of the molecule is CC(=O)NC1(C(=O)NC(C)(C)C(=O)NC(C)(C)C(=O)N[C@@H](Cc2c[nH]c3ccccc23)C(=O)NC(C)(C)C(=O)NC(C)(C)C(=O)OC(C)(C)C)CC(C)(C)[NH+]([O-])C(C)(C)C1. The Labute approximate surface area is 353 Å². The molecule has 0 radical (unpaired) electrons. The summed E-state index contributed by atoms with van der Waals surface area (Å²) in [5, 5.41) is 30.4. The molecule has 3 rings (SSSR count). The molecule has 0 unspecified atom stereocenters. The van der Waals surface area contributed by atoms with Gasteiger partial charge >= 0.3 is 5.97 Å². The number of hydrogen-bond donors (Lipinski definition) is 8. The Morgan fingerprint density at radius 2 is 1.22 bits per heavy atom. The number of carbonyl (C=O) groups excluding carboxylic acids is 7. The molecule has 6 amide bonds. The predicted octanol–water partition coefficient (Wildman–Crippen LogP) is 1.72. The number of quaternary nitrogens is 1. The van der Waals surface area contributed by atoms with E-state index in [9.17, 15) is 38.8 Å². The van der Waals surface area contributed by atoms with Crippen LogP contribution in [-0.4, -0.2) is 96.8 Å². The lowest BCUT2D eigenvalue weighted by Crippen LogP contribution is -3.24. The Morgan fingerprint density at radius 1 is 0.733 bits per heavy atom. The number of hydrogen-bond acceptors (Lipinski definition) is 9. The summed E-state index contributed by atoms with van der Waals surface area (Å²) in [4.78, 5) is 98.5. The van der Waals surface area contributed by atoms with Crippen LogP contribution >= 0.6 is 0 Å². The number of benzene rings is 1. The minimum atomic E-state index is -1.67. The quantitative estimate of drug-likeness (QED) is 0.102. The maximum atomic E-state index is 14.2. The van der Waals surface area contributed by atoms with Gasteiger partial charge in [-0.15, -0.1) is 0 Å². The van der Waals surface area contributed by atoms with Crippen LogP contribution in [0.3, 0.4) is 0 Å². The van der Waals surface area contributed by atoms with Gasteiger partial charge in [0.15, 0.2) is 0 Å². The van der Waals surface area contributed by atoms with Crippen LogP contribution in [0.15, 0.2) is 30.5 Å². The minimum absolute atomic E-state index is 0.000869. The van der Waals surface area contributed by atoms with Gasteiger partial charge in [-0.05, 0) is 115 Å². The van der Waals surface area contributed by atoms with E-state index >= 15 is 0 Å². The molecule has 0 saturated carbocycles. The number of nitrogens with one attached hydrogen (secondary N) is 8. The largest absolute Gasteiger partial charge is 0.634 e. The number of fused-ring (bicyclic) bond motifs is 1. The summed E-state index contributed by atoms with van der Waals surface area (Å²) in [5.41, 5.74) is -9.13. The van der Waals surface area contributed by atoms with E-state index in [-0.39, 0.29) is 24.3 Å². The summed E-state index contributed by atoms with van der Waals surface area (Å²) in [7, 11) is 0. The van der Waals surface area contributed by atoms with E-state index in [1.165, 1.54) is 62.3 Å². The zero-order chi connectivity index (χ0) is 46.2. The maximum Gasteiger partial charge on any atom is 0.331 e. The van der Waals surface area contributed by atoms with Gasteiger partial charge in [-0.3, -0.25) is 28.8 Å². The zero-order valence-corrected chi connectivity index (χ0v) is 38.3. The second kappa shape index (κ2) is 16.8. The van der Waals surface area contributed by atoms with Crippen molar-refractivity contribution in [2.45, 2.75) is 180 Å². The van der Waals surface area contributed by atoms with Crippen LogP contribution in [0.25, 0.3) is 10.9 Å². The topological polar surface area (TPSA) is 244 Å². The molecule has 1 aliphatic heterocycles. The second-order valence-electron chi connectivity index (χ2n) is 20.7. The third-order valence-electron chi connectivity index (χ3n) is 10.6. The van der Waals surface area contributed by atoms with Crippen LogP contribution < -0.4 is 37.0 Å². The summed E-state index contributed by atoms with van der Waals surface area (Å²) in [6.07, 6.45) is 1.70. The fourth-order valence-electron chi connectivity index (χ4n) is 7.66. The van der Waals surface area contributed by atoms with E-state index in [4.69, 9.17) is 4.74 Å². The molecule has 60 heavy (non-hydrogen) atoms. The highest BCUT2D eigenvalue weighted by Crippen LogP contribution is 2.33. The monoisotopic (exact) mass is 841 g/mol. The van der Waals surface area contributed by atoms with Crippen molar-refractivity contribution in [1.29, 1.82) is 0 Å². The number of aromatic nitrogens is 1. The molecule has 0 aliphatic carbocycles. The zero-order valence-electron chi connectivity index (χ0n) is 38.3. The third-order valence-corrected chi connectivity index (χ3v) is 10.6. The lowest BCUT2D eigenvalue weighted by molar-refractivity contribution is -0.956. The summed E-state index contributed by atoms with van der Waals surface area (Å²) in [6.45, 7) is 24.9. The van der Waals surface area contributed by atoms with Crippen molar-refractivity contribution >= 4 is 52.3 Å². The molecule has 1 aromatic carbocycles. The van der Waals surface area contributed by atoms with Gasteiger partial charge in [-0.1, -0.05) is 18.2 Å². The van der Waals surface area contributed by atoms with E-state index in [0.29, 0.717) is 5.56 Å². The number of amides is 6. The first-order chi connectivity index (χ1) is 27.0. The smallest absolute Gasteiger partial charge is 0.331 e. The Morgan fingerprint density at radius 3 is 1.73 bits per heavy atom. The molecular formula is C43H68N8O9. The summed E-state index contributed by atoms with van der Waals surface area (Å²) in [5.74, 6) is -4.73. The van der Waals surface area contributed by atoms with Crippen molar-refractivity contribution < 1.29 is 43.4 Å². The normalized spacial score (nSPS) is 19.9. The Balaban J connectivity index is 1.87. The Kier molecular flexibility index (Phi) is 13.8. The number of rotatable bonds is 14. The standard InChI is InChI=1S/C43H68N8O9/c1-25(52)46-43(23-37(5,6)51(59)38(7,8)24-43)34(57)50-41(13,14)33(56)48-39(9,10)31(54)45-29(21-26-22-44-28-20-18-17-19-27(26)28)30(53)47-40(11,12)32(55)49-42(15,16)35(58)60-36(2,3)4/h17-20,22,29,44,51H,21,23-24H2,1-16H3,(H,45,54)(H,46,52)(H,47,53)(H,48,56)(H,49,55)(H,50,57)/t29-/m0/s1. The van der Waals surface area contributed by atoms with Crippen molar-refractivity contribution in [3.63, 3.8) is 0 Å². The molecule has 17 heteroatoms. The average molecular weight is 841 g/mol. The first-order valence-electron chi connectivity index (χ1n) is 20.2. The average Bonchev–Trinajstić information content (AvgIpc) is 3.47. The first kappa shape index (κ1) is 49.3. The number of esters is 1. The molecule has 334 valence electrons. The van der Waals surface area contributed by atoms with E-state index in [0.717, 1.165) is 10.9 Å². The molecular weight excluding hydrogens is 773 g/mol. The van der Waals surface area contributed by atoms with Crippen molar-refractivity contribution in [3.05, 3.63) is 41.2 Å². The highest BCUT2D eigenvalue weighted by molar-refractivity contribution is 6.01. The summed E-state index contributed by atoms with van der Waals surface area (Å²) >= 11 is 0. The lowest BCUT2D eigenvalue weighted by Gasteiger charge is -2.58. The van der Waals surface area contributed by atoms with Gasteiger partial charge in [0.25, 0.3) is 0 Å². The summed E-state index contributed by atoms with van der Waals surface area (Å²) < 4.78 is 5.47.